The van der Waals surface area contributed by atoms with E-state index in [1.807, 2.05) is 0 Å². The Hall–Kier alpha value is -2.64. The van der Waals surface area contributed by atoms with Gasteiger partial charge in [0.1, 0.15) is 0 Å². The molecule has 0 spiro atoms. The molecule has 0 aromatic heterocycles. The number of nitrogens with one attached hydrogen (secondary N) is 3. The lowest BCUT2D eigenvalue weighted by atomic mass is 9.96. The molecule has 0 radical (unpaired) electrons. The van der Waals surface area contributed by atoms with E-state index in [9.17, 15) is 9.59 Å². The second kappa shape index (κ2) is 9.00. The summed E-state index contributed by atoms with van der Waals surface area (Å²) in [5, 5.41) is 2.85. The smallest absolute Gasteiger partial charge is 0.333 e. The van der Waals surface area contributed by atoms with Crippen LogP contribution in [0.15, 0.2) is 12.1 Å². The number of hydrogen-bond donors (Lipinski definition) is 3. The van der Waals surface area contributed by atoms with Crippen molar-refractivity contribution in [2.75, 3.05) is 21.3 Å². The van der Waals surface area contributed by atoms with E-state index in [4.69, 9.17) is 14.2 Å². The van der Waals surface area contributed by atoms with Crippen LogP contribution in [0.25, 0.3) is 0 Å². The van der Waals surface area contributed by atoms with Crippen molar-refractivity contribution in [2.45, 2.75) is 38.1 Å². The molecule has 1 aromatic carbocycles. The van der Waals surface area contributed by atoms with Gasteiger partial charge in [-0.15, -0.1) is 0 Å². The van der Waals surface area contributed by atoms with Gasteiger partial charge in [0.2, 0.25) is 5.75 Å². The lowest BCUT2D eigenvalue weighted by Crippen LogP contribution is -2.50. The Kier molecular flexibility index (Phi) is 6.73. The maximum atomic E-state index is 12.3. The highest BCUT2D eigenvalue weighted by Crippen LogP contribution is 2.38. The van der Waals surface area contributed by atoms with Crippen molar-refractivity contribution in [3.8, 4) is 17.2 Å². The normalized spacial score (nSPS) is 14.4. The number of ether oxygens (including phenoxy) is 3. The minimum atomic E-state index is -0.488. The van der Waals surface area contributed by atoms with Gasteiger partial charge >= 0.3 is 6.03 Å². The fourth-order valence-corrected chi connectivity index (χ4v) is 2.87. The van der Waals surface area contributed by atoms with Gasteiger partial charge in [-0.05, 0) is 25.0 Å². The van der Waals surface area contributed by atoms with Crippen molar-refractivity contribution < 1.29 is 23.8 Å². The van der Waals surface area contributed by atoms with Crippen molar-refractivity contribution in [3.05, 3.63) is 17.7 Å². The summed E-state index contributed by atoms with van der Waals surface area (Å²) in [5.74, 6) is 0.625. The molecule has 25 heavy (non-hydrogen) atoms. The summed E-state index contributed by atoms with van der Waals surface area (Å²) in [6.45, 7) is 0. The van der Waals surface area contributed by atoms with E-state index in [1.165, 1.54) is 39.9 Å². The van der Waals surface area contributed by atoms with Crippen LogP contribution in [0.2, 0.25) is 0 Å². The average Bonchev–Trinajstić information content (AvgIpc) is 2.65. The highest BCUT2D eigenvalue weighted by atomic mass is 16.5. The Balaban J connectivity index is 1.96. The Bertz CT molecular complexity index is 589. The monoisotopic (exact) mass is 351 g/mol. The zero-order valence-electron chi connectivity index (χ0n) is 14.8. The first-order chi connectivity index (χ1) is 12.1. The Morgan fingerprint density at radius 2 is 1.52 bits per heavy atom. The van der Waals surface area contributed by atoms with E-state index in [-0.39, 0.29) is 11.6 Å². The molecule has 0 aliphatic heterocycles. The van der Waals surface area contributed by atoms with Crippen LogP contribution in [0, 0.1) is 0 Å². The van der Waals surface area contributed by atoms with Crippen LogP contribution in [0.3, 0.4) is 0 Å². The molecule has 8 heteroatoms. The zero-order chi connectivity index (χ0) is 18.2. The molecule has 1 saturated carbocycles. The van der Waals surface area contributed by atoms with Crippen molar-refractivity contribution >= 4 is 11.9 Å². The molecule has 138 valence electrons. The lowest BCUT2D eigenvalue weighted by molar-refractivity contribution is 0.0934. The summed E-state index contributed by atoms with van der Waals surface area (Å²) in [5.41, 5.74) is 5.02. The molecule has 8 nitrogen and oxygen atoms in total. The SMILES string of the molecule is COc1cc(C(=O)NNC(=O)NC2CCCCC2)cc(OC)c1OC. The van der Waals surface area contributed by atoms with E-state index in [0.29, 0.717) is 17.2 Å². The highest BCUT2D eigenvalue weighted by Gasteiger charge is 2.18. The van der Waals surface area contributed by atoms with Crippen LogP contribution in [0.5, 0.6) is 17.2 Å². The van der Waals surface area contributed by atoms with Gasteiger partial charge in [0.05, 0.1) is 21.3 Å². The van der Waals surface area contributed by atoms with Crippen molar-refractivity contribution in [2.24, 2.45) is 0 Å². The van der Waals surface area contributed by atoms with E-state index in [0.717, 1.165) is 25.7 Å². The number of urea groups is 1. The number of benzene rings is 1. The van der Waals surface area contributed by atoms with E-state index >= 15 is 0 Å². The standard InChI is InChI=1S/C17H25N3O5/c1-23-13-9-11(10-14(24-2)15(13)25-3)16(21)19-20-17(22)18-12-7-5-4-6-8-12/h9-10,12H,4-8H2,1-3H3,(H,19,21)(H2,18,20,22). The quantitative estimate of drug-likeness (QED) is 0.705. The second-order valence-corrected chi connectivity index (χ2v) is 5.80. The third-order valence-electron chi connectivity index (χ3n) is 4.16. The van der Waals surface area contributed by atoms with Crippen LogP contribution < -0.4 is 30.4 Å². The van der Waals surface area contributed by atoms with Crippen LogP contribution >= 0.6 is 0 Å². The number of carbonyl (C=O) groups is 2. The fourth-order valence-electron chi connectivity index (χ4n) is 2.87. The van der Waals surface area contributed by atoms with Gasteiger partial charge in [-0.3, -0.25) is 10.2 Å². The summed E-state index contributed by atoms with van der Waals surface area (Å²) in [4.78, 5) is 24.2. The molecular formula is C17H25N3O5. The number of hydrogen-bond acceptors (Lipinski definition) is 5. The Morgan fingerprint density at radius 1 is 0.920 bits per heavy atom. The minimum Gasteiger partial charge on any atom is -0.493 e. The van der Waals surface area contributed by atoms with Gasteiger partial charge < -0.3 is 19.5 Å². The molecule has 0 saturated heterocycles. The predicted octanol–water partition coefficient (Wildman–Crippen LogP) is 1.99. The van der Waals surface area contributed by atoms with Gasteiger partial charge in [0, 0.05) is 11.6 Å². The molecule has 0 bridgehead atoms. The number of carbonyl (C=O) groups excluding carboxylic acids is 2. The maximum absolute atomic E-state index is 12.3. The van der Waals surface area contributed by atoms with Crippen LogP contribution in [-0.4, -0.2) is 39.3 Å². The molecule has 1 aliphatic rings. The molecular weight excluding hydrogens is 326 g/mol. The van der Waals surface area contributed by atoms with E-state index in [2.05, 4.69) is 16.2 Å². The van der Waals surface area contributed by atoms with Gasteiger partial charge in [0.15, 0.2) is 11.5 Å². The first-order valence-electron chi connectivity index (χ1n) is 8.26. The number of amides is 3. The van der Waals surface area contributed by atoms with E-state index in [1.54, 1.807) is 0 Å². The maximum Gasteiger partial charge on any atom is 0.333 e. The first kappa shape index (κ1) is 18.7. The van der Waals surface area contributed by atoms with Gasteiger partial charge in [-0.2, -0.15) is 0 Å². The topological polar surface area (TPSA) is 97.9 Å². The van der Waals surface area contributed by atoms with Gasteiger partial charge in [-0.1, -0.05) is 19.3 Å². The van der Waals surface area contributed by atoms with Gasteiger partial charge in [-0.25, -0.2) is 10.2 Å². The molecule has 2 rings (SSSR count). The van der Waals surface area contributed by atoms with Crippen molar-refractivity contribution in [1.82, 2.24) is 16.2 Å². The Morgan fingerprint density at radius 3 is 2.04 bits per heavy atom. The summed E-state index contributed by atoms with van der Waals surface area (Å²) in [7, 11) is 4.42. The molecule has 0 atom stereocenters. The summed E-state index contributed by atoms with van der Waals surface area (Å²) in [6, 6.07) is 2.76. The van der Waals surface area contributed by atoms with Crippen LogP contribution in [0.1, 0.15) is 42.5 Å². The number of methoxy groups -OCH3 is 3. The second-order valence-electron chi connectivity index (χ2n) is 5.80. The molecule has 0 unspecified atom stereocenters. The Labute approximate surface area is 147 Å². The molecule has 1 aromatic rings. The molecule has 3 N–H and O–H groups in total. The summed E-state index contributed by atoms with van der Waals surface area (Å²) >= 11 is 0. The lowest BCUT2D eigenvalue weighted by Gasteiger charge is -2.22. The number of hydrazine groups is 1. The van der Waals surface area contributed by atoms with Crippen LogP contribution in [0.4, 0.5) is 4.79 Å². The molecule has 1 fully saturated rings. The van der Waals surface area contributed by atoms with Crippen LogP contribution in [-0.2, 0) is 0 Å². The van der Waals surface area contributed by atoms with Gasteiger partial charge in [0.25, 0.3) is 5.91 Å². The largest absolute Gasteiger partial charge is 0.493 e. The van der Waals surface area contributed by atoms with Crippen molar-refractivity contribution in [1.29, 1.82) is 0 Å². The van der Waals surface area contributed by atoms with Crippen molar-refractivity contribution in [3.63, 3.8) is 0 Å². The third-order valence-corrected chi connectivity index (χ3v) is 4.16. The molecule has 3 amide bonds. The summed E-state index contributed by atoms with van der Waals surface area (Å²) < 4.78 is 15.6. The molecule has 1 aliphatic carbocycles. The molecule has 0 heterocycles. The number of rotatable bonds is 5. The highest BCUT2D eigenvalue weighted by molar-refractivity contribution is 5.96. The van der Waals surface area contributed by atoms with E-state index < -0.39 is 11.9 Å². The predicted molar refractivity (Wildman–Crippen MR) is 92.1 cm³/mol. The minimum absolute atomic E-state index is 0.159. The first-order valence-corrected chi connectivity index (χ1v) is 8.26. The zero-order valence-corrected chi connectivity index (χ0v) is 14.8. The fraction of sp³-hybridized carbons (Fsp3) is 0.529. The summed E-state index contributed by atoms with van der Waals surface area (Å²) in [6.07, 6.45) is 5.37. The third kappa shape index (κ3) is 4.91. The average molecular weight is 351 g/mol.